The first-order chi connectivity index (χ1) is 20.1. The second-order valence-electron chi connectivity index (χ2n) is 11.1. The number of benzene rings is 2. The molecule has 0 bridgehead atoms. The summed E-state index contributed by atoms with van der Waals surface area (Å²) >= 11 is 0. The van der Waals surface area contributed by atoms with Crippen LogP contribution in [-0.2, 0) is 23.1 Å². The molecule has 10 heteroatoms. The number of aromatic nitrogens is 4. The van der Waals surface area contributed by atoms with Gasteiger partial charge in [0.25, 0.3) is 0 Å². The number of ether oxygens (including phenoxy) is 4. The highest BCUT2D eigenvalue weighted by molar-refractivity contribution is 5.59. The van der Waals surface area contributed by atoms with Gasteiger partial charge in [-0.05, 0) is 72.7 Å². The molecule has 10 nitrogen and oxygen atoms in total. The maximum atomic E-state index is 6.62. The zero-order valence-electron chi connectivity index (χ0n) is 24.7. The molecule has 2 aromatic carbocycles. The van der Waals surface area contributed by atoms with E-state index in [2.05, 4.69) is 63.3 Å². The molecule has 0 spiro atoms. The molecule has 3 heterocycles. The van der Waals surface area contributed by atoms with E-state index in [-0.39, 0.29) is 24.0 Å². The van der Waals surface area contributed by atoms with Crippen molar-refractivity contribution in [2.75, 3.05) is 39.2 Å². The molecule has 41 heavy (non-hydrogen) atoms. The van der Waals surface area contributed by atoms with Gasteiger partial charge >= 0.3 is 0 Å². The van der Waals surface area contributed by atoms with E-state index in [1.54, 1.807) is 19.0 Å². The molecule has 2 N–H and O–H groups in total. The lowest BCUT2D eigenvalue weighted by molar-refractivity contribution is 0.00165. The van der Waals surface area contributed by atoms with E-state index >= 15 is 0 Å². The summed E-state index contributed by atoms with van der Waals surface area (Å²) in [6.07, 6.45) is 5.08. The smallest absolute Gasteiger partial charge is 0.177 e. The Kier molecular flexibility index (Phi) is 10.1. The van der Waals surface area contributed by atoms with E-state index in [9.17, 15) is 0 Å². The van der Waals surface area contributed by atoms with Crippen molar-refractivity contribution in [3.63, 3.8) is 0 Å². The van der Waals surface area contributed by atoms with Gasteiger partial charge in [0.05, 0.1) is 39.1 Å². The molecule has 1 saturated heterocycles. The second kappa shape index (κ2) is 14.1. The van der Waals surface area contributed by atoms with E-state index in [0.29, 0.717) is 12.6 Å². The second-order valence-corrected chi connectivity index (χ2v) is 11.1. The molecular weight excluding hydrogens is 520 g/mol. The Morgan fingerprint density at radius 3 is 2.71 bits per heavy atom. The Bertz CT molecular complexity index is 1240. The monoisotopic (exact) mass is 564 g/mol. The topological polar surface area (TPSA) is 105 Å². The molecule has 3 aromatic rings. The Morgan fingerprint density at radius 2 is 1.98 bits per heavy atom. The molecule has 2 unspecified atom stereocenters. The fourth-order valence-electron chi connectivity index (χ4n) is 5.96. The maximum absolute atomic E-state index is 6.62. The largest absolute Gasteiger partial charge is 0.497 e. The number of anilines is 1. The molecule has 0 amide bonds. The minimum Gasteiger partial charge on any atom is -0.497 e. The first kappa shape index (κ1) is 29.3. The molecule has 222 valence electrons. The lowest BCUT2D eigenvalue weighted by Gasteiger charge is -2.38. The first-order valence-corrected chi connectivity index (χ1v) is 14.8. The fraction of sp³-hybridized carbons (Fsp3) is 0.581. The summed E-state index contributed by atoms with van der Waals surface area (Å²) in [5, 5.41) is 20.1. The molecule has 1 aromatic heterocycles. The minimum atomic E-state index is 0.0415. The van der Waals surface area contributed by atoms with Gasteiger partial charge < -0.3 is 29.6 Å². The standard InChI is InChI=1S/C31H44N6O4/c1-5-22(31-34-36-37(2)35-31)16-24-17-27(23-9-11-25(39-4)12-10-23)30(19-32-24)40-20-21-8-13-29-28(15-21)33-18-26(41-29)7-6-14-38-3/h8-13,15,22,24,26-27,30,32-33H,5-7,14,16-20H2,1-4H3/t22?,24-,26?,27+,30-/m0/s1. The van der Waals surface area contributed by atoms with Gasteiger partial charge in [0.15, 0.2) is 5.82 Å². The third-order valence-corrected chi connectivity index (χ3v) is 8.29. The van der Waals surface area contributed by atoms with Crippen molar-refractivity contribution >= 4 is 5.69 Å². The predicted octanol–water partition coefficient (Wildman–Crippen LogP) is 4.43. The van der Waals surface area contributed by atoms with E-state index in [0.717, 1.165) is 80.4 Å². The van der Waals surface area contributed by atoms with E-state index < -0.39 is 0 Å². The van der Waals surface area contributed by atoms with Crippen LogP contribution in [0.2, 0.25) is 0 Å². The average molecular weight is 565 g/mol. The van der Waals surface area contributed by atoms with Crippen LogP contribution in [-0.4, -0.2) is 72.4 Å². The van der Waals surface area contributed by atoms with Gasteiger partial charge in [0, 0.05) is 38.1 Å². The lowest BCUT2D eigenvalue weighted by atomic mass is 9.81. The molecule has 0 saturated carbocycles. The van der Waals surface area contributed by atoms with Gasteiger partial charge in [-0.25, -0.2) is 0 Å². The highest BCUT2D eigenvalue weighted by atomic mass is 16.5. The number of fused-ring (bicyclic) bond motifs is 1. The van der Waals surface area contributed by atoms with Gasteiger partial charge in [-0.3, -0.25) is 0 Å². The van der Waals surface area contributed by atoms with Crippen LogP contribution < -0.4 is 20.1 Å². The van der Waals surface area contributed by atoms with Gasteiger partial charge in [-0.1, -0.05) is 25.1 Å². The van der Waals surface area contributed by atoms with Crippen molar-refractivity contribution in [1.82, 2.24) is 25.5 Å². The normalized spacial score (nSPS) is 22.8. The molecule has 1 fully saturated rings. The van der Waals surface area contributed by atoms with E-state index in [1.165, 1.54) is 5.56 Å². The minimum absolute atomic E-state index is 0.0415. The van der Waals surface area contributed by atoms with Crippen LogP contribution in [0, 0.1) is 0 Å². The van der Waals surface area contributed by atoms with Crippen LogP contribution in [0.3, 0.4) is 0 Å². The Balaban J connectivity index is 1.24. The van der Waals surface area contributed by atoms with Crippen LogP contribution in [0.25, 0.3) is 0 Å². The van der Waals surface area contributed by atoms with Crippen molar-refractivity contribution < 1.29 is 18.9 Å². The van der Waals surface area contributed by atoms with Crippen LogP contribution in [0.1, 0.15) is 67.8 Å². The molecule has 2 aliphatic heterocycles. The van der Waals surface area contributed by atoms with Crippen molar-refractivity contribution in [1.29, 1.82) is 0 Å². The Labute approximate surface area is 243 Å². The third kappa shape index (κ3) is 7.55. The van der Waals surface area contributed by atoms with Crippen molar-refractivity contribution in [2.24, 2.45) is 7.05 Å². The maximum Gasteiger partial charge on any atom is 0.177 e. The van der Waals surface area contributed by atoms with Crippen LogP contribution in [0.15, 0.2) is 42.5 Å². The zero-order chi connectivity index (χ0) is 28.6. The summed E-state index contributed by atoms with van der Waals surface area (Å²) in [6.45, 7) is 5.07. The molecule has 5 atom stereocenters. The number of rotatable bonds is 13. The van der Waals surface area contributed by atoms with Crippen LogP contribution in [0.5, 0.6) is 11.5 Å². The predicted molar refractivity (Wildman–Crippen MR) is 158 cm³/mol. The van der Waals surface area contributed by atoms with Crippen LogP contribution in [0.4, 0.5) is 5.69 Å². The number of methoxy groups -OCH3 is 2. The fourth-order valence-corrected chi connectivity index (χ4v) is 5.96. The Morgan fingerprint density at radius 1 is 1.12 bits per heavy atom. The lowest BCUT2D eigenvalue weighted by Crippen LogP contribution is -2.47. The van der Waals surface area contributed by atoms with Gasteiger partial charge in [0.1, 0.15) is 17.6 Å². The molecular formula is C31H44N6O4. The summed E-state index contributed by atoms with van der Waals surface area (Å²) in [7, 11) is 5.25. The number of piperidine rings is 1. The van der Waals surface area contributed by atoms with Crippen molar-refractivity contribution in [3.05, 3.63) is 59.4 Å². The van der Waals surface area contributed by atoms with Crippen LogP contribution >= 0.6 is 0 Å². The highest BCUT2D eigenvalue weighted by Crippen LogP contribution is 2.36. The van der Waals surface area contributed by atoms with Crippen molar-refractivity contribution in [3.8, 4) is 11.5 Å². The third-order valence-electron chi connectivity index (χ3n) is 8.29. The molecule has 0 radical (unpaired) electrons. The average Bonchev–Trinajstić information content (AvgIpc) is 3.45. The number of aryl methyl sites for hydroxylation is 1. The summed E-state index contributed by atoms with van der Waals surface area (Å²) in [5.74, 6) is 3.11. The Hall–Kier alpha value is -3.21. The summed E-state index contributed by atoms with van der Waals surface area (Å²) in [6, 6.07) is 15.1. The number of nitrogens with zero attached hydrogens (tertiary/aromatic N) is 4. The first-order valence-electron chi connectivity index (χ1n) is 14.8. The molecule has 0 aliphatic carbocycles. The highest BCUT2D eigenvalue weighted by Gasteiger charge is 2.34. The molecule has 2 aliphatic rings. The quantitative estimate of drug-likeness (QED) is 0.292. The van der Waals surface area contributed by atoms with Gasteiger partial charge in [0.2, 0.25) is 0 Å². The summed E-state index contributed by atoms with van der Waals surface area (Å²) < 4.78 is 23.4. The zero-order valence-corrected chi connectivity index (χ0v) is 24.7. The van der Waals surface area contributed by atoms with E-state index in [1.807, 2.05) is 19.2 Å². The van der Waals surface area contributed by atoms with Crippen molar-refractivity contribution in [2.45, 2.75) is 75.7 Å². The number of tetrazole rings is 1. The molecule has 5 rings (SSSR count). The number of nitrogens with one attached hydrogen (secondary N) is 2. The van der Waals surface area contributed by atoms with Gasteiger partial charge in [-0.2, -0.15) is 4.80 Å². The number of hydrogen-bond acceptors (Lipinski definition) is 9. The summed E-state index contributed by atoms with van der Waals surface area (Å²) in [4.78, 5) is 1.54. The summed E-state index contributed by atoms with van der Waals surface area (Å²) in [5.41, 5.74) is 3.44. The van der Waals surface area contributed by atoms with E-state index in [4.69, 9.17) is 18.9 Å². The number of hydrogen-bond donors (Lipinski definition) is 2. The SMILES string of the molecule is CCC(C[C@H]1C[C@H](c2ccc(OC)cc2)[C@@H](OCc2ccc3c(c2)NCC(CCCOC)O3)CN1)c1nnn(C)n1. The van der Waals surface area contributed by atoms with Gasteiger partial charge in [-0.15, -0.1) is 10.2 Å².